The van der Waals surface area contributed by atoms with Crippen LogP contribution in [0.4, 0.5) is 13.2 Å². The lowest BCUT2D eigenvalue weighted by atomic mass is 9.98. The molecule has 0 aromatic heterocycles. The molecule has 2 saturated carbocycles. The third-order valence-electron chi connectivity index (χ3n) is 16.8. The number of carbonyl (C=O) groups excluding carboxylic acids is 7. The molecule has 9 N–H and O–H groups in total. The summed E-state index contributed by atoms with van der Waals surface area (Å²) in [4.78, 5) is 114. The molecule has 26 heteroatoms. The summed E-state index contributed by atoms with van der Waals surface area (Å²) < 4.78 is 64.2. The summed E-state index contributed by atoms with van der Waals surface area (Å²) in [5, 5.41) is 31.6. The quantitative estimate of drug-likeness (QED) is 0.0165. The third kappa shape index (κ3) is 28.5. The van der Waals surface area contributed by atoms with Gasteiger partial charge in [0.1, 0.15) is 47.9 Å². The summed E-state index contributed by atoms with van der Waals surface area (Å²) in [5.41, 5.74) is 7.71. The van der Waals surface area contributed by atoms with Gasteiger partial charge in [-0.1, -0.05) is 174 Å². The van der Waals surface area contributed by atoms with Gasteiger partial charge in [-0.2, -0.15) is 13.2 Å². The van der Waals surface area contributed by atoms with Crippen LogP contribution in [0.1, 0.15) is 118 Å². The highest BCUT2D eigenvalue weighted by Crippen LogP contribution is 2.46. The van der Waals surface area contributed by atoms with Crippen molar-refractivity contribution in [2.24, 2.45) is 40.2 Å². The van der Waals surface area contributed by atoms with Gasteiger partial charge in [-0.25, -0.2) is 19.2 Å². The molecular formula is C76H95Cl2F3N6O15. The normalized spacial score (nSPS) is 19.1. The van der Waals surface area contributed by atoms with Crippen LogP contribution in [0.15, 0.2) is 134 Å². The van der Waals surface area contributed by atoms with Crippen molar-refractivity contribution in [3.63, 3.8) is 0 Å². The topological polar surface area (TPSA) is 317 Å². The average molecular weight is 1460 g/mol. The minimum absolute atomic E-state index is 0.00851. The first kappa shape index (κ1) is 83.2. The monoisotopic (exact) mass is 1460 g/mol. The van der Waals surface area contributed by atoms with E-state index >= 15 is 0 Å². The van der Waals surface area contributed by atoms with Crippen LogP contribution in [0.3, 0.4) is 0 Å². The number of alkyl halides is 3. The van der Waals surface area contributed by atoms with Gasteiger partial charge in [-0.3, -0.25) is 24.0 Å². The van der Waals surface area contributed by atoms with Crippen LogP contribution in [-0.4, -0.2) is 133 Å². The van der Waals surface area contributed by atoms with Gasteiger partial charge in [-0.05, 0) is 109 Å². The van der Waals surface area contributed by atoms with Gasteiger partial charge >= 0.3 is 30.1 Å². The molecule has 2 fully saturated rings. The first-order valence-electron chi connectivity index (χ1n) is 34.2. The highest BCUT2D eigenvalue weighted by Gasteiger charge is 2.52. The first-order chi connectivity index (χ1) is 49.3. The number of aliphatic carboxylic acids is 2. The zero-order valence-electron chi connectivity index (χ0n) is 60.4. The van der Waals surface area contributed by atoms with Gasteiger partial charge in [0.2, 0.25) is 29.5 Å². The minimum atomic E-state index is -5.08. The van der Waals surface area contributed by atoms with Gasteiger partial charge in [0.25, 0.3) is 0 Å². The maximum atomic E-state index is 13.6. The Bertz CT molecular complexity index is 3630. The smallest absolute Gasteiger partial charge is 0.490 e. The number of carbonyl (C=O) groups is 9. The van der Waals surface area contributed by atoms with E-state index in [2.05, 4.69) is 39.4 Å². The fraction of sp³-hybridized carbons (Fsp3) is 0.434. The number of rotatable bonds is 26. The Hall–Kier alpha value is -9.44. The van der Waals surface area contributed by atoms with Crippen LogP contribution in [0.5, 0.6) is 11.5 Å². The molecule has 8 atom stereocenters. The molecule has 1 spiro atoms. The van der Waals surface area contributed by atoms with Crippen LogP contribution in [0, 0.1) is 47.3 Å². The summed E-state index contributed by atoms with van der Waals surface area (Å²) >= 11 is 12.5. The Morgan fingerprint density at radius 1 is 0.775 bits per heavy atom. The number of halogens is 5. The van der Waals surface area contributed by atoms with Crippen molar-refractivity contribution < 1.29 is 88.5 Å². The lowest BCUT2D eigenvalue weighted by molar-refractivity contribution is -0.192. The molecule has 4 aromatic carbocycles. The summed E-state index contributed by atoms with van der Waals surface area (Å²) in [6.07, 6.45) is 19.1. The van der Waals surface area contributed by atoms with Crippen molar-refractivity contribution in [1.82, 2.24) is 26.6 Å². The zero-order chi connectivity index (χ0) is 77.9. The van der Waals surface area contributed by atoms with E-state index in [1.54, 1.807) is 48.6 Å². The molecule has 5 amide bonds. The Morgan fingerprint density at radius 3 is 1.83 bits per heavy atom. The van der Waals surface area contributed by atoms with E-state index in [1.165, 1.54) is 26.4 Å². The second kappa shape index (κ2) is 41.5. The SMILES string of the molecule is C#C.COc1ccc(C[C@@H](NC(=O)/C=C/C[C@H](OC(=O)[C@H](CC(C)C)NC(=O)C2(CN)CC2)[C@H](C)/C=C/c2ccccc2)C(=O)O)cc1Cl.COc1ccc(C[C@H]2NC(=O)/C=C/C[C@@H]([C@H](C)/C=C/c3ccccc3)OC(=O)[C@H](CC(C)C)NC(=O)C3(CC3)CNC2=O)cc1Cl.O=C(O)C(F)(F)F.[2H][2H]. The molecule has 1 aliphatic heterocycles. The van der Waals surface area contributed by atoms with Gasteiger partial charge in [0, 0.05) is 53.6 Å². The van der Waals surface area contributed by atoms with Crippen molar-refractivity contribution in [3.8, 4) is 24.3 Å². The van der Waals surface area contributed by atoms with Crippen LogP contribution in [-0.2, 0) is 65.5 Å². The fourth-order valence-electron chi connectivity index (χ4n) is 10.4. The number of benzene rings is 4. The predicted octanol–water partition coefficient (Wildman–Crippen LogP) is 11.1. The number of cyclic esters (lactones) is 1. The standard InChI is InChI=1S/C36H46ClN3O7.C36H44ClN3O6.C2HF3O2.C2H2.H2/c1-23(2)19-29(40-35(45)36(22-38)17-18-36)34(44)47-30(24(3)13-14-25-9-6-5-7-10-25)11-8-12-32(41)39-28(33(42)43)21-26-15-16-31(46-4)27(37)20-26;1-23(2)19-29-34(43)46-30(24(3)13-14-25-9-6-5-7-10-25)11-8-12-32(41)39-28(21-26-15-16-31(45-4)27(37)20-26)33(42)38-22-36(17-18-36)35(44)40-29;3-2(4,5)1(6)7;1-2;/h5-10,12-16,20,23-24,28-30H,11,17-19,21-22,38H2,1-4H3,(H,39,41)(H,40,45)(H,42,43);5-10,12-16,20,23-24,28-30H,11,17-19,21-22H2,1-4H3,(H,38,42)(H,39,41)(H,40,44);(H,6,7);1-2H;1H/b2*12-8+,14-13+;;;/t2*24-,28-,29+,30+;;;/m11.../s1/i;;;;1+1D. The van der Waals surface area contributed by atoms with E-state index in [0.717, 1.165) is 16.7 Å². The lowest BCUT2D eigenvalue weighted by Gasteiger charge is -2.27. The number of carboxylic acid groups (broad SMARTS) is 2. The molecular weight excluding hydrogens is 1360 g/mol. The van der Waals surface area contributed by atoms with E-state index in [-0.39, 0.29) is 74.3 Å². The number of hydrogen-bond donors (Lipinski definition) is 8. The molecule has 0 bridgehead atoms. The second-order valence-electron chi connectivity index (χ2n) is 25.9. The molecule has 3 aliphatic rings. The number of nitrogens with one attached hydrogen (secondary N) is 5. The van der Waals surface area contributed by atoms with Crippen LogP contribution in [0.2, 0.25) is 10.0 Å². The summed E-state index contributed by atoms with van der Waals surface area (Å²) in [7, 11) is 3.00. The van der Waals surface area contributed by atoms with Crippen LogP contribution in [0.25, 0.3) is 12.2 Å². The van der Waals surface area contributed by atoms with E-state index in [4.69, 9.17) is 60.8 Å². The molecule has 0 saturated heterocycles. The average Bonchev–Trinajstić information content (AvgIpc) is 1.64. The molecule has 4 aromatic rings. The van der Waals surface area contributed by atoms with Gasteiger partial charge in [-0.15, -0.1) is 12.8 Å². The Labute approximate surface area is 607 Å². The lowest BCUT2D eigenvalue weighted by Crippen LogP contribution is -2.52. The fourth-order valence-corrected chi connectivity index (χ4v) is 11.0. The molecule has 1 heterocycles. The molecule has 0 radical (unpaired) electrons. The van der Waals surface area contributed by atoms with Crippen molar-refractivity contribution in [2.45, 2.75) is 148 Å². The first-order valence-corrected chi connectivity index (χ1v) is 34.0. The largest absolute Gasteiger partial charge is 0.495 e. The van der Waals surface area contributed by atoms with Gasteiger partial charge < -0.3 is 61.5 Å². The Morgan fingerprint density at radius 2 is 1.33 bits per heavy atom. The van der Waals surface area contributed by atoms with Crippen molar-refractivity contribution in [1.29, 1.82) is 0 Å². The number of hydrogen-bond acceptors (Lipinski definition) is 14. The molecule has 21 nitrogen and oxygen atoms in total. The second-order valence-corrected chi connectivity index (χ2v) is 26.7. The number of carboxylic acids is 2. The molecule has 102 heavy (non-hydrogen) atoms. The van der Waals surface area contributed by atoms with Crippen LogP contribution < -0.4 is 41.8 Å². The number of esters is 2. The Kier molecular flexibility index (Phi) is 33.8. The summed E-state index contributed by atoms with van der Waals surface area (Å²) in [6.45, 7) is 12.0. The Balaban J connectivity index is 0.000000473. The minimum Gasteiger partial charge on any atom is -0.495 e. The van der Waals surface area contributed by atoms with Crippen molar-refractivity contribution >= 4 is 88.8 Å². The van der Waals surface area contributed by atoms with E-state index in [9.17, 15) is 56.6 Å². The van der Waals surface area contributed by atoms with E-state index < -0.39 is 95.0 Å². The maximum absolute atomic E-state index is 13.6. The van der Waals surface area contributed by atoms with Crippen LogP contribution >= 0.6 is 23.2 Å². The highest BCUT2D eigenvalue weighted by molar-refractivity contribution is 6.32. The van der Waals surface area contributed by atoms with E-state index in [1.807, 2.05) is 127 Å². The molecule has 7 rings (SSSR count). The number of nitrogens with two attached hydrogens (primary N) is 1. The number of terminal acetylenes is 1. The molecule has 0 unspecified atom stereocenters. The van der Waals surface area contributed by atoms with E-state index in [0.29, 0.717) is 65.6 Å². The number of ether oxygens (including phenoxy) is 4. The number of amides is 5. The van der Waals surface area contributed by atoms with Gasteiger partial charge in [0.05, 0.1) is 35.1 Å². The number of methoxy groups -OCH3 is 2. The predicted molar refractivity (Wildman–Crippen MR) is 385 cm³/mol. The van der Waals surface area contributed by atoms with Crippen molar-refractivity contribution in [3.05, 3.63) is 166 Å². The molecule has 554 valence electrons. The highest BCUT2D eigenvalue weighted by atomic mass is 35.5. The zero-order valence-corrected chi connectivity index (χ0v) is 60.0. The third-order valence-corrected chi connectivity index (χ3v) is 17.4. The van der Waals surface area contributed by atoms with Crippen molar-refractivity contribution in [2.75, 3.05) is 27.3 Å². The van der Waals surface area contributed by atoms with Gasteiger partial charge in [0.15, 0.2) is 0 Å². The summed E-state index contributed by atoms with van der Waals surface area (Å²) in [5.74, 6) is -6.38. The summed E-state index contributed by atoms with van der Waals surface area (Å²) in [6, 6.07) is 25.7. The maximum Gasteiger partial charge on any atom is 0.490 e. The molecule has 2 aliphatic carbocycles.